The summed E-state index contributed by atoms with van der Waals surface area (Å²) >= 11 is 0. The molecule has 0 unspecified atom stereocenters. The zero-order valence-electron chi connectivity index (χ0n) is 14.1. The topological polar surface area (TPSA) is 112 Å². The Bertz CT molecular complexity index is 682. The van der Waals surface area contributed by atoms with Gasteiger partial charge in [0.25, 0.3) is 0 Å². The van der Waals surface area contributed by atoms with E-state index in [0.29, 0.717) is 5.56 Å². The number of amides is 1. The van der Waals surface area contributed by atoms with Crippen LogP contribution < -0.4 is 0 Å². The second-order valence-electron chi connectivity index (χ2n) is 5.41. The van der Waals surface area contributed by atoms with E-state index >= 15 is 0 Å². The molecule has 7 heteroatoms. The summed E-state index contributed by atoms with van der Waals surface area (Å²) in [4.78, 5) is 48.2. The van der Waals surface area contributed by atoms with Crippen molar-refractivity contribution in [2.24, 2.45) is 0 Å². The lowest BCUT2D eigenvalue weighted by Crippen LogP contribution is -2.57. The Balaban J connectivity index is 3.09. The number of hydrogen-bond acceptors (Lipinski definition) is 4. The van der Waals surface area contributed by atoms with Gasteiger partial charge in [0.1, 0.15) is 0 Å². The highest BCUT2D eigenvalue weighted by Gasteiger charge is 2.46. The lowest BCUT2D eigenvalue weighted by molar-refractivity contribution is -0.163. The zero-order chi connectivity index (χ0) is 19.0. The molecule has 1 amide bonds. The number of carbonyl (C=O) groups excluding carboxylic acids is 2. The first-order valence-corrected chi connectivity index (χ1v) is 7.82. The summed E-state index contributed by atoms with van der Waals surface area (Å²) in [6.07, 6.45) is 1.24. The number of hydrogen-bond donors (Lipinski definition) is 2. The molecular weight excluding hydrogens is 326 g/mol. The van der Waals surface area contributed by atoms with Crippen LogP contribution in [0.2, 0.25) is 0 Å². The van der Waals surface area contributed by atoms with Crippen molar-refractivity contribution in [2.45, 2.75) is 32.2 Å². The molecule has 134 valence electrons. The standard InChI is InChI=1S/C18H21NO6/c1-3-18(17(24)25,12-16(22)23)19(4-2)15(21)11-10-14(20)13-8-6-5-7-9-13/h5-11H,3-4,12H2,1-2H3,(H,22,23)(H,24,25)/t18-/m0/s1. The Kier molecular flexibility index (Phi) is 7.05. The van der Waals surface area contributed by atoms with E-state index in [0.717, 1.165) is 17.1 Å². The number of carboxylic acids is 2. The van der Waals surface area contributed by atoms with E-state index in [4.69, 9.17) is 5.11 Å². The van der Waals surface area contributed by atoms with Crippen molar-refractivity contribution < 1.29 is 29.4 Å². The summed E-state index contributed by atoms with van der Waals surface area (Å²) < 4.78 is 0. The molecule has 0 spiro atoms. The molecule has 0 heterocycles. The van der Waals surface area contributed by atoms with Gasteiger partial charge in [-0.3, -0.25) is 14.4 Å². The number of carboxylic acid groups (broad SMARTS) is 2. The summed E-state index contributed by atoms with van der Waals surface area (Å²) in [7, 11) is 0. The average molecular weight is 347 g/mol. The molecule has 25 heavy (non-hydrogen) atoms. The van der Waals surface area contributed by atoms with E-state index in [1.54, 1.807) is 37.3 Å². The molecule has 0 saturated heterocycles. The van der Waals surface area contributed by atoms with Crippen molar-refractivity contribution in [2.75, 3.05) is 6.54 Å². The third kappa shape index (κ3) is 4.76. The number of allylic oxidation sites excluding steroid dienone is 1. The Morgan fingerprint density at radius 2 is 1.64 bits per heavy atom. The number of benzene rings is 1. The van der Waals surface area contributed by atoms with Crippen LogP contribution in [-0.2, 0) is 14.4 Å². The first kappa shape index (κ1) is 20.1. The fourth-order valence-electron chi connectivity index (χ4n) is 2.61. The Labute approximate surface area is 145 Å². The molecule has 1 aromatic carbocycles. The number of aliphatic carboxylic acids is 2. The maximum atomic E-state index is 12.4. The average Bonchev–Trinajstić information content (AvgIpc) is 2.59. The summed E-state index contributed by atoms with van der Waals surface area (Å²) in [5, 5.41) is 18.6. The minimum Gasteiger partial charge on any atom is -0.481 e. The van der Waals surface area contributed by atoms with E-state index in [-0.39, 0.29) is 13.0 Å². The lowest BCUT2D eigenvalue weighted by Gasteiger charge is -2.38. The number of likely N-dealkylation sites (N-methyl/N-ethyl adjacent to an activating group) is 1. The molecule has 2 N–H and O–H groups in total. The predicted octanol–water partition coefficient (Wildman–Crippen LogP) is 1.98. The normalized spacial score (nSPS) is 13.2. The third-order valence-corrected chi connectivity index (χ3v) is 3.96. The fraction of sp³-hybridized carbons (Fsp3) is 0.333. The monoisotopic (exact) mass is 347 g/mol. The van der Waals surface area contributed by atoms with Crippen LogP contribution in [0, 0.1) is 0 Å². The van der Waals surface area contributed by atoms with Gasteiger partial charge in [-0.15, -0.1) is 0 Å². The molecule has 0 aliphatic heterocycles. The maximum Gasteiger partial charge on any atom is 0.330 e. The molecule has 0 aliphatic carbocycles. The van der Waals surface area contributed by atoms with Crippen molar-refractivity contribution in [3.8, 4) is 0 Å². The van der Waals surface area contributed by atoms with Gasteiger partial charge in [-0.2, -0.15) is 0 Å². The van der Waals surface area contributed by atoms with Crippen molar-refractivity contribution in [1.29, 1.82) is 0 Å². The van der Waals surface area contributed by atoms with Crippen LogP contribution in [0.15, 0.2) is 42.5 Å². The minimum absolute atomic E-state index is 0.00385. The molecule has 1 atom stereocenters. The second-order valence-corrected chi connectivity index (χ2v) is 5.41. The van der Waals surface area contributed by atoms with E-state index in [1.165, 1.54) is 6.92 Å². The van der Waals surface area contributed by atoms with Crippen molar-refractivity contribution >= 4 is 23.6 Å². The highest BCUT2D eigenvalue weighted by atomic mass is 16.4. The lowest BCUT2D eigenvalue weighted by atomic mass is 9.89. The first-order chi connectivity index (χ1) is 11.8. The quantitative estimate of drug-likeness (QED) is 0.522. The van der Waals surface area contributed by atoms with Crippen LogP contribution in [-0.4, -0.2) is 50.8 Å². The van der Waals surface area contributed by atoms with E-state index in [1.807, 2.05) is 0 Å². The number of rotatable bonds is 9. The van der Waals surface area contributed by atoms with Gasteiger partial charge in [-0.05, 0) is 19.4 Å². The van der Waals surface area contributed by atoms with Gasteiger partial charge < -0.3 is 15.1 Å². The Morgan fingerprint density at radius 1 is 1.04 bits per heavy atom. The summed E-state index contributed by atoms with van der Waals surface area (Å²) in [5.41, 5.74) is -1.47. The molecular formula is C18H21NO6. The molecule has 7 nitrogen and oxygen atoms in total. The van der Waals surface area contributed by atoms with Crippen LogP contribution in [0.25, 0.3) is 0 Å². The van der Waals surface area contributed by atoms with Gasteiger partial charge in [0.2, 0.25) is 5.91 Å². The zero-order valence-corrected chi connectivity index (χ0v) is 14.1. The van der Waals surface area contributed by atoms with Crippen LogP contribution in [0.3, 0.4) is 0 Å². The first-order valence-electron chi connectivity index (χ1n) is 7.82. The smallest absolute Gasteiger partial charge is 0.330 e. The van der Waals surface area contributed by atoms with Crippen LogP contribution >= 0.6 is 0 Å². The van der Waals surface area contributed by atoms with Crippen LogP contribution in [0.4, 0.5) is 0 Å². The van der Waals surface area contributed by atoms with E-state index < -0.39 is 35.6 Å². The van der Waals surface area contributed by atoms with Crippen LogP contribution in [0.5, 0.6) is 0 Å². The summed E-state index contributed by atoms with van der Waals surface area (Å²) in [6, 6.07) is 8.29. The van der Waals surface area contributed by atoms with Gasteiger partial charge in [-0.25, -0.2) is 4.79 Å². The van der Waals surface area contributed by atoms with E-state index in [9.17, 15) is 24.3 Å². The van der Waals surface area contributed by atoms with Crippen molar-refractivity contribution in [3.05, 3.63) is 48.0 Å². The largest absolute Gasteiger partial charge is 0.481 e. The molecule has 0 aliphatic rings. The summed E-state index contributed by atoms with van der Waals surface area (Å²) in [5.74, 6) is -3.84. The molecule has 0 fully saturated rings. The van der Waals surface area contributed by atoms with E-state index in [2.05, 4.69) is 0 Å². The Hall–Kier alpha value is -2.96. The number of carbonyl (C=O) groups is 4. The molecule has 1 rings (SSSR count). The minimum atomic E-state index is -1.86. The molecule has 0 radical (unpaired) electrons. The predicted molar refractivity (Wildman–Crippen MR) is 90.2 cm³/mol. The van der Waals surface area contributed by atoms with Gasteiger partial charge in [0, 0.05) is 18.2 Å². The number of nitrogens with zero attached hydrogens (tertiary/aromatic N) is 1. The third-order valence-electron chi connectivity index (χ3n) is 3.96. The fourth-order valence-corrected chi connectivity index (χ4v) is 2.61. The molecule has 0 saturated carbocycles. The molecule has 1 aromatic rings. The summed E-state index contributed by atoms with van der Waals surface area (Å²) in [6.45, 7) is 3.06. The van der Waals surface area contributed by atoms with Crippen molar-refractivity contribution in [3.63, 3.8) is 0 Å². The van der Waals surface area contributed by atoms with Gasteiger partial charge in [0.15, 0.2) is 11.3 Å². The van der Waals surface area contributed by atoms with Gasteiger partial charge in [0.05, 0.1) is 6.42 Å². The molecule has 0 aromatic heterocycles. The SMILES string of the molecule is CCN(C(=O)C=CC(=O)c1ccccc1)[C@@](CC)(CC(=O)O)C(=O)O. The van der Waals surface area contributed by atoms with Gasteiger partial charge >= 0.3 is 11.9 Å². The second kappa shape index (κ2) is 8.77. The Morgan fingerprint density at radius 3 is 2.08 bits per heavy atom. The molecule has 0 bridgehead atoms. The van der Waals surface area contributed by atoms with Crippen molar-refractivity contribution in [1.82, 2.24) is 4.90 Å². The number of ketones is 1. The van der Waals surface area contributed by atoms with Crippen LogP contribution in [0.1, 0.15) is 37.0 Å². The highest BCUT2D eigenvalue weighted by Crippen LogP contribution is 2.25. The van der Waals surface area contributed by atoms with Gasteiger partial charge in [-0.1, -0.05) is 37.3 Å². The maximum absolute atomic E-state index is 12.4. The highest BCUT2D eigenvalue weighted by molar-refractivity contribution is 6.08.